The maximum absolute atomic E-state index is 5.32. The second kappa shape index (κ2) is 14.1. The lowest BCUT2D eigenvalue weighted by Gasteiger charge is -2.31. The molecule has 0 aliphatic rings. The van der Waals surface area contributed by atoms with Gasteiger partial charge in [-0.2, -0.15) is 0 Å². The van der Waals surface area contributed by atoms with Crippen molar-refractivity contribution in [3.05, 3.63) is 201 Å². The van der Waals surface area contributed by atoms with E-state index in [1.165, 1.54) is 0 Å². The Bertz CT molecular complexity index is 3310. The van der Waals surface area contributed by atoms with Gasteiger partial charge in [-0.05, 0) is 91.0 Å². The Labute approximate surface area is 350 Å². The van der Waals surface area contributed by atoms with Crippen LogP contribution in [0.3, 0.4) is 0 Å². The Morgan fingerprint density at radius 3 is 0.902 bits per heavy atom. The molecule has 0 amide bonds. The van der Waals surface area contributed by atoms with Crippen LogP contribution in [0.4, 0.5) is 17.1 Å². The first-order valence-corrected chi connectivity index (χ1v) is 20.3. The molecule has 0 saturated carbocycles. The van der Waals surface area contributed by atoms with Crippen LogP contribution in [0, 0.1) is 0 Å². The average Bonchev–Trinajstić information content (AvgIpc) is 3.32. The number of fused-ring (bicyclic) bond motifs is 6. The molecule has 0 bridgehead atoms. The molecule has 0 fully saturated rings. The quantitative estimate of drug-likeness (QED) is 0.155. The van der Waals surface area contributed by atoms with E-state index < -0.39 is 0 Å². The van der Waals surface area contributed by atoms with Crippen molar-refractivity contribution in [1.82, 2.24) is 29.9 Å². The van der Waals surface area contributed by atoms with E-state index in [1.54, 1.807) is 0 Å². The van der Waals surface area contributed by atoms with Crippen molar-refractivity contribution in [2.75, 3.05) is 4.90 Å². The number of anilines is 3. The van der Waals surface area contributed by atoms with Crippen LogP contribution >= 0.6 is 0 Å². The van der Waals surface area contributed by atoms with E-state index in [0.29, 0.717) is 0 Å². The number of para-hydroxylation sites is 3. The van der Waals surface area contributed by atoms with Gasteiger partial charge in [0.05, 0.1) is 67.2 Å². The lowest BCUT2D eigenvalue weighted by Crippen LogP contribution is -2.14. The van der Waals surface area contributed by atoms with Gasteiger partial charge in [0.2, 0.25) is 0 Å². The summed E-state index contributed by atoms with van der Waals surface area (Å²) in [6, 6.07) is 63.2. The molecule has 0 atom stereocenters. The zero-order valence-corrected chi connectivity index (χ0v) is 32.7. The number of hydrogen-bond donors (Lipinski definition) is 0. The summed E-state index contributed by atoms with van der Waals surface area (Å²) < 4.78 is 0. The number of hydrogen-bond acceptors (Lipinski definition) is 7. The van der Waals surface area contributed by atoms with Crippen LogP contribution in [-0.4, -0.2) is 29.9 Å². The minimum Gasteiger partial charge on any atom is -0.308 e. The van der Waals surface area contributed by atoms with Crippen LogP contribution in [0.2, 0.25) is 0 Å². The van der Waals surface area contributed by atoms with Gasteiger partial charge in [-0.15, -0.1) is 0 Å². The summed E-state index contributed by atoms with van der Waals surface area (Å²) in [6.45, 7) is 0. The Morgan fingerprint density at radius 1 is 0.262 bits per heavy atom. The van der Waals surface area contributed by atoms with Gasteiger partial charge in [-0.1, -0.05) is 91.0 Å². The number of pyridine rings is 6. The van der Waals surface area contributed by atoms with Gasteiger partial charge in [0.1, 0.15) is 0 Å². The summed E-state index contributed by atoms with van der Waals surface area (Å²) in [5, 5.41) is 6.27. The van der Waals surface area contributed by atoms with E-state index in [4.69, 9.17) is 15.0 Å². The summed E-state index contributed by atoms with van der Waals surface area (Å²) >= 11 is 0. The van der Waals surface area contributed by atoms with Crippen LogP contribution in [0.25, 0.3) is 99.2 Å². The molecule has 6 aromatic carbocycles. The largest absolute Gasteiger partial charge is 0.308 e. The van der Waals surface area contributed by atoms with Crippen molar-refractivity contribution < 1.29 is 0 Å². The zero-order valence-electron chi connectivity index (χ0n) is 32.7. The van der Waals surface area contributed by atoms with E-state index in [2.05, 4.69) is 184 Å². The highest BCUT2D eigenvalue weighted by Gasteiger charge is 2.24. The summed E-state index contributed by atoms with van der Waals surface area (Å²) in [6.07, 6.45) is 5.49. The molecule has 0 N–H and O–H groups in total. The van der Waals surface area contributed by atoms with Crippen LogP contribution in [0.5, 0.6) is 0 Å². The van der Waals surface area contributed by atoms with Crippen molar-refractivity contribution in [1.29, 1.82) is 0 Å². The van der Waals surface area contributed by atoms with E-state index in [-0.39, 0.29) is 0 Å². The van der Waals surface area contributed by atoms with Crippen molar-refractivity contribution in [2.24, 2.45) is 0 Å². The molecule has 0 radical (unpaired) electrons. The molecule has 7 nitrogen and oxygen atoms in total. The van der Waals surface area contributed by atoms with E-state index >= 15 is 0 Å². The van der Waals surface area contributed by atoms with Crippen molar-refractivity contribution in [3.8, 4) is 33.8 Å². The molecule has 0 aliphatic carbocycles. The van der Waals surface area contributed by atoms with Crippen LogP contribution < -0.4 is 4.90 Å². The number of nitrogens with zero attached hydrogens (tertiary/aromatic N) is 7. The van der Waals surface area contributed by atoms with Crippen molar-refractivity contribution in [3.63, 3.8) is 0 Å². The van der Waals surface area contributed by atoms with E-state index in [0.717, 1.165) is 116 Å². The topological polar surface area (TPSA) is 80.6 Å². The normalized spacial score (nSPS) is 11.6. The molecular weight excluding hydrogens is 747 g/mol. The first kappa shape index (κ1) is 34.6. The van der Waals surface area contributed by atoms with Gasteiger partial charge in [-0.25, -0.2) is 15.0 Å². The third-order valence-electron chi connectivity index (χ3n) is 11.5. The van der Waals surface area contributed by atoms with Gasteiger partial charge < -0.3 is 4.90 Å². The Balaban J connectivity index is 1.09. The summed E-state index contributed by atoms with van der Waals surface area (Å²) in [5.74, 6) is 0. The van der Waals surface area contributed by atoms with E-state index in [9.17, 15) is 0 Å². The fourth-order valence-electron chi connectivity index (χ4n) is 8.57. The summed E-state index contributed by atoms with van der Waals surface area (Å²) in [7, 11) is 0. The van der Waals surface area contributed by atoms with Gasteiger partial charge in [-0.3, -0.25) is 15.0 Å². The Hall–Kier alpha value is -8.42. The smallest absolute Gasteiger partial charge is 0.0730 e. The van der Waals surface area contributed by atoms with Gasteiger partial charge in [0, 0.05) is 67.6 Å². The average molecular weight is 780 g/mol. The fraction of sp³-hybridized carbons (Fsp3) is 0. The predicted octanol–water partition coefficient (Wildman–Crippen LogP) is 13.4. The van der Waals surface area contributed by atoms with Crippen molar-refractivity contribution in [2.45, 2.75) is 0 Å². The van der Waals surface area contributed by atoms with Gasteiger partial charge >= 0.3 is 0 Å². The monoisotopic (exact) mass is 779 g/mol. The highest BCUT2D eigenvalue weighted by molar-refractivity contribution is 6.01. The van der Waals surface area contributed by atoms with Crippen LogP contribution in [0.1, 0.15) is 0 Å². The van der Waals surface area contributed by atoms with Crippen molar-refractivity contribution >= 4 is 82.5 Å². The molecular formula is C54H33N7. The molecule has 7 heteroatoms. The minimum absolute atomic E-state index is 0.861. The number of rotatable bonds is 6. The van der Waals surface area contributed by atoms with Gasteiger partial charge in [0.25, 0.3) is 0 Å². The second-order valence-corrected chi connectivity index (χ2v) is 15.2. The maximum atomic E-state index is 5.32. The molecule has 284 valence electrons. The second-order valence-electron chi connectivity index (χ2n) is 15.2. The first-order chi connectivity index (χ1) is 30.2. The number of aromatic nitrogens is 6. The Morgan fingerprint density at radius 2 is 0.557 bits per heavy atom. The maximum Gasteiger partial charge on any atom is 0.0730 e. The molecule has 12 rings (SSSR count). The SMILES string of the molecule is c1ccc(N(c2ccccc2-c2ccc3cc4ncccc4cc3n2)c2ccccc2-c2ccc3cc4ncccc4cc3n2)c(-c2ccc3cc4ncccc4cc3n2)c1. The highest BCUT2D eigenvalue weighted by atomic mass is 15.2. The van der Waals surface area contributed by atoms with E-state index in [1.807, 2.05) is 36.8 Å². The number of benzene rings is 6. The molecule has 0 saturated heterocycles. The van der Waals surface area contributed by atoms with Crippen LogP contribution in [0.15, 0.2) is 201 Å². The lowest BCUT2D eigenvalue weighted by molar-refractivity contribution is 1.26. The highest BCUT2D eigenvalue weighted by Crippen LogP contribution is 2.47. The molecule has 0 aliphatic heterocycles. The molecule has 61 heavy (non-hydrogen) atoms. The molecule has 12 aromatic rings. The lowest BCUT2D eigenvalue weighted by atomic mass is 9.99. The third-order valence-corrected chi connectivity index (χ3v) is 11.5. The summed E-state index contributed by atoms with van der Waals surface area (Å²) in [4.78, 5) is 32.1. The molecule has 0 spiro atoms. The van der Waals surface area contributed by atoms with Crippen LogP contribution in [-0.2, 0) is 0 Å². The van der Waals surface area contributed by atoms with Gasteiger partial charge in [0.15, 0.2) is 0 Å². The predicted molar refractivity (Wildman–Crippen MR) is 249 cm³/mol. The molecule has 6 aromatic heterocycles. The standard InChI is InChI=1S/C54H33N7/c1-4-16-52(40(13-1)43-22-19-37-28-46-34(10-7-25-55-46)31-49(37)58-43)61(53-17-5-2-14-41(53)44-23-20-38-29-47-35(11-8-26-56-47)32-50(38)59-44)54-18-6-3-15-42(54)45-24-21-39-30-48-36(12-9-27-57-48)33-51(39)60-45/h1-33H. The minimum atomic E-state index is 0.861. The molecule has 0 unspecified atom stereocenters. The third kappa shape index (κ3) is 6.07. The fourth-order valence-corrected chi connectivity index (χ4v) is 8.57. The zero-order chi connectivity index (χ0) is 40.3. The Kier molecular flexibility index (Phi) is 8.03. The molecule has 6 heterocycles. The summed E-state index contributed by atoms with van der Waals surface area (Å²) in [5.41, 5.74) is 14.0. The first-order valence-electron chi connectivity index (χ1n) is 20.3.